The van der Waals surface area contributed by atoms with Gasteiger partial charge < -0.3 is 0 Å². The number of benzene rings is 5. The molecule has 0 atom stereocenters. The van der Waals surface area contributed by atoms with Crippen molar-refractivity contribution in [2.24, 2.45) is 0 Å². The van der Waals surface area contributed by atoms with Gasteiger partial charge in [-0.1, -0.05) is 125 Å². The van der Waals surface area contributed by atoms with Crippen LogP contribution in [0.2, 0.25) is 0 Å². The van der Waals surface area contributed by atoms with Gasteiger partial charge in [-0.15, -0.1) is 0 Å². The Balaban J connectivity index is 1.38. The number of rotatable bonds is 4. The van der Waals surface area contributed by atoms with Gasteiger partial charge in [0.15, 0.2) is 0 Å². The van der Waals surface area contributed by atoms with Crippen LogP contribution in [-0.2, 0) is 5.41 Å². The molecule has 1 aliphatic rings. The molecule has 0 saturated carbocycles. The molecule has 0 amide bonds. The van der Waals surface area contributed by atoms with Crippen molar-refractivity contribution in [3.8, 4) is 44.5 Å². The predicted molar refractivity (Wildman–Crippen MR) is 154 cm³/mol. The van der Waals surface area contributed by atoms with E-state index in [0.29, 0.717) is 5.92 Å². The Labute approximate surface area is 215 Å². The van der Waals surface area contributed by atoms with E-state index >= 15 is 0 Å². The summed E-state index contributed by atoms with van der Waals surface area (Å²) in [5, 5.41) is 0. The highest BCUT2D eigenvalue weighted by molar-refractivity contribution is 5.84. The molecule has 6 rings (SSSR count). The van der Waals surface area contributed by atoms with Crippen molar-refractivity contribution < 1.29 is 0 Å². The van der Waals surface area contributed by atoms with Gasteiger partial charge in [-0.05, 0) is 85.3 Å². The van der Waals surface area contributed by atoms with Crippen LogP contribution in [0.1, 0.15) is 50.3 Å². The summed E-state index contributed by atoms with van der Waals surface area (Å²) in [7, 11) is 0. The van der Waals surface area contributed by atoms with Crippen LogP contribution in [0.4, 0.5) is 0 Å². The molecule has 5 aromatic carbocycles. The van der Waals surface area contributed by atoms with Crippen LogP contribution in [0.3, 0.4) is 0 Å². The van der Waals surface area contributed by atoms with Gasteiger partial charge in [-0.3, -0.25) is 0 Å². The number of hydrogen-bond acceptors (Lipinski definition) is 0. The van der Waals surface area contributed by atoms with Crippen molar-refractivity contribution in [2.75, 3.05) is 0 Å². The molecular formula is C36H32. The Kier molecular flexibility index (Phi) is 5.41. The minimum atomic E-state index is 0.0123. The molecule has 0 radical (unpaired) electrons. The van der Waals surface area contributed by atoms with Gasteiger partial charge in [0.2, 0.25) is 0 Å². The Hall–Kier alpha value is -3.90. The van der Waals surface area contributed by atoms with Gasteiger partial charge in [0.05, 0.1) is 0 Å². The first-order chi connectivity index (χ1) is 17.4. The van der Waals surface area contributed by atoms with E-state index in [9.17, 15) is 0 Å². The van der Waals surface area contributed by atoms with Crippen molar-refractivity contribution in [1.29, 1.82) is 0 Å². The van der Waals surface area contributed by atoms with Crippen LogP contribution in [0.5, 0.6) is 0 Å². The Morgan fingerprint density at radius 2 is 0.944 bits per heavy atom. The quantitative estimate of drug-likeness (QED) is 0.248. The second-order valence-electron chi connectivity index (χ2n) is 10.9. The Bertz CT molecular complexity index is 1580. The lowest BCUT2D eigenvalue weighted by Gasteiger charge is -2.22. The van der Waals surface area contributed by atoms with Gasteiger partial charge in [0.25, 0.3) is 0 Å². The lowest BCUT2D eigenvalue weighted by Crippen LogP contribution is -2.14. The lowest BCUT2D eigenvalue weighted by molar-refractivity contribution is 0.660. The highest BCUT2D eigenvalue weighted by Crippen LogP contribution is 2.49. The smallest absolute Gasteiger partial charge is 0.0159 e. The fourth-order valence-corrected chi connectivity index (χ4v) is 5.72. The lowest BCUT2D eigenvalue weighted by atomic mass is 9.81. The molecule has 0 saturated heterocycles. The van der Waals surface area contributed by atoms with E-state index in [0.717, 1.165) is 0 Å². The zero-order valence-electron chi connectivity index (χ0n) is 21.5. The molecule has 5 aromatic rings. The molecule has 0 aromatic heterocycles. The summed E-state index contributed by atoms with van der Waals surface area (Å²) in [4.78, 5) is 0. The fraction of sp³-hybridized carbons (Fsp3) is 0.167. The van der Waals surface area contributed by atoms with E-state index in [-0.39, 0.29) is 5.41 Å². The highest BCUT2D eigenvalue weighted by atomic mass is 14.4. The van der Waals surface area contributed by atoms with E-state index < -0.39 is 0 Å². The fourth-order valence-electron chi connectivity index (χ4n) is 5.72. The second-order valence-corrected chi connectivity index (χ2v) is 10.9. The van der Waals surface area contributed by atoms with E-state index in [1.165, 1.54) is 61.2 Å². The summed E-state index contributed by atoms with van der Waals surface area (Å²) >= 11 is 0. The summed E-state index contributed by atoms with van der Waals surface area (Å²) in [6.45, 7) is 9.19. The van der Waals surface area contributed by atoms with Crippen molar-refractivity contribution in [1.82, 2.24) is 0 Å². The normalized spacial score (nSPS) is 13.5. The summed E-state index contributed by atoms with van der Waals surface area (Å²) in [6.07, 6.45) is 0. The molecule has 0 nitrogen and oxygen atoms in total. The van der Waals surface area contributed by atoms with Gasteiger partial charge in [0, 0.05) is 5.41 Å². The molecule has 1 aliphatic carbocycles. The van der Waals surface area contributed by atoms with Gasteiger partial charge in [-0.2, -0.15) is 0 Å². The SMILES string of the molecule is CC(C)c1cccc(-c2cccc(-c3cccc(-c4ccc5c(c4)C(C)(C)c4ccccc4-5)c3)c2)c1. The molecule has 176 valence electrons. The number of fused-ring (bicyclic) bond motifs is 3. The van der Waals surface area contributed by atoms with Crippen LogP contribution in [0.15, 0.2) is 115 Å². The van der Waals surface area contributed by atoms with Crippen LogP contribution in [0.25, 0.3) is 44.5 Å². The predicted octanol–water partition coefficient (Wildman–Crippen LogP) is 10.1. The standard InChI is InChI=1S/C36H32/c1-24(2)25-10-7-11-26(20-25)27-12-8-13-28(21-27)29-14-9-15-30(22-29)31-18-19-33-32-16-5-6-17-34(32)36(3,4)35(33)23-31/h5-24H,1-4H3. The maximum Gasteiger partial charge on any atom is 0.0159 e. The molecule has 0 heterocycles. The van der Waals surface area contributed by atoms with Crippen molar-refractivity contribution in [2.45, 2.75) is 39.0 Å². The largest absolute Gasteiger partial charge is 0.0619 e. The van der Waals surface area contributed by atoms with Crippen LogP contribution < -0.4 is 0 Å². The molecule has 0 heteroatoms. The first-order valence-corrected chi connectivity index (χ1v) is 13.0. The minimum absolute atomic E-state index is 0.0123. The maximum absolute atomic E-state index is 2.41. The summed E-state index contributed by atoms with van der Waals surface area (Å²) < 4.78 is 0. The van der Waals surface area contributed by atoms with Crippen molar-refractivity contribution in [3.05, 3.63) is 132 Å². The molecular weight excluding hydrogens is 432 g/mol. The Morgan fingerprint density at radius 3 is 1.56 bits per heavy atom. The molecule has 0 unspecified atom stereocenters. The van der Waals surface area contributed by atoms with Gasteiger partial charge in [-0.25, -0.2) is 0 Å². The zero-order chi connectivity index (χ0) is 24.9. The minimum Gasteiger partial charge on any atom is -0.0619 e. The van der Waals surface area contributed by atoms with E-state index in [2.05, 4.69) is 143 Å². The van der Waals surface area contributed by atoms with Crippen LogP contribution in [-0.4, -0.2) is 0 Å². The van der Waals surface area contributed by atoms with Crippen LogP contribution >= 0.6 is 0 Å². The third-order valence-corrected chi connectivity index (χ3v) is 7.86. The molecule has 0 bridgehead atoms. The van der Waals surface area contributed by atoms with Crippen molar-refractivity contribution >= 4 is 0 Å². The zero-order valence-corrected chi connectivity index (χ0v) is 21.5. The van der Waals surface area contributed by atoms with E-state index in [1.807, 2.05) is 0 Å². The average Bonchev–Trinajstić information content (AvgIpc) is 3.15. The second kappa shape index (κ2) is 8.64. The molecule has 0 fully saturated rings. The maximum atomic E-state index is 2.41. The topological polar surface area (TPSA) is 0 Å². The first kappa shape index (κ1) is 22.6. The summed E-state index contributed by atoms with van der Waals surface area (Å²) in [5.74, 6) is 0.523. The van der Waals surface area contributed by atoms with Gasteiger partial charge in [0.1, 0.15) is 0 Å². The van der Waals surface area contributed by atoms with Crippen LogP contribution in [0, 0.1) is 0 Å². The number of hydrogen-bond donors (Lipinski definition) is 0. The van der Waals surface area contributed by atoms with Gasteiger partial charge >= 0.3 is 0 Å². The van der Waals surface area contributed by atoms with Crippen molar-refractivity contribution in [3.63, 3.8) is 0 Å². The molecule has 36 heavy (non-hydrogen) atoms. The monoisotopic (exact) mass is 464 g/mol. The third-order valence-electron chi connectivity index (χ3n) is 7.86. The molecule has 0 aliphatic heterocycles. The highest BCUT2D eigenvalue weighted by Gasteiger charge is 2.35. The summed E-state index contributed by atoms with van der Waals surface area (Å²) in [5.41, 5.74) is 14.5. The Morgan fingerprint density at radius 1 is 0.444 bits per heavy atom. The average molecular weight is 465 g/mol. The molecule has 0 spiro atoms. The third kappa shape index (κ3) is 3.78. The van der Waals surface area contributed by atoms with E-state index in [1.54, 1.807) is 0 Å². The summed E-state index contributed by atoms with van der Waals surface area (Å²) in [6, 6.07) is 42.7. The molecule has 0 N–H and O–H groups in total. The first-order valence-electron chi connectivity index (χ1n) is 13.0. The van der Waals surface area contributed by atoms with E-state index in [4.69, 9.17) is 0 Å².